The predicted octanol–water partition coefficient (Wildman–Crippen LogP) is 3.28. The monoisotopic (exact) mass is 337 g/mol. The van der Waals surface area contributed by atoms with E-state index >= 15 is 0 Å². The lowest BCUT2D eigenvalue weighted by Gasteiger charge is -2.17. The lowest BCUT2D eigenvalue weighted by atomic mass is 10.2. The molecule has 2 N–H and O–H groups in total. The van der Waals surface area contributed by atoms with E-state index in [4.69, 9.17) is 0 Å². The summed E-state index contributed by atoms with van der Waals surface area (Å²) in [5.74, 6) is 0.537. The summed E-state index contributed by atoms with van der Waals surface area (Å²) in [7, 11) is 0. The predicted molar refractivity (Wildman–Crippen MR) is 93.7 cm³/mol. The van der Waals surface area contributed by atoms with Gasteiger partial charge in [0, 0.05) is 11.8 Å². The molecule has 0 fully saturated rings. The van der Waals surface area contributed by atoms with Gasteiger partial charge in [0.05, 0.1) is 10.9 Å². The van der Waals surface area contributed by atoms with E-state index in [2.05, 4.69) is 21.7 Å². The summed E-state index contributed by atoms with van der Waals surface area (Å²) < 4.78 is 0.852. The van der Waals surface area contributed by atoms with Crippen LogP contribution in [0.1, 0.15) is 26.3 Å². The molecule has 0 bridgehead atoms. The molecule has 3 amide bonds. The van der Waals surface area contributed by atoms with Gasteiger partial charge in [-0.25, -0.2) is 9.79 Å². The highest BCUT2D eigenvalue weighted by molar-refractivity contribution is 8.39. The lowest BCUT2D eigenvalue weighted by molar-refractivity contribution is -0.119. The largest absolute Gasteiger partial charge is 0.336 e. The van der Waals surface area contributed by atoms with Crippen molar-refractivity contribution in [3.63, 3.8) is 0 Å². The number of imide groups is 1. The van der Waals surface area contributed by atoms with Crippen molar-refractivity contribution in [1.82, 2.24) is 10.6 Å². The number of hydrogen-bond acceptors (Lipinski definition) is 5. The van der Waals surface area contributed by atoms with Gasteiger partial charge in [-0.2, -0.15) is 0 Å². The zero-order valence-electron chi connectivity index (χ0n) is 12.8. The van der Waals surface area contributed by atoms with Gasteiger partial charge in [0.25, 0.3) is 0 Å². The molecule has 0 saturated heterocycles. The summed E-state index contributed by atoms with van der Waals surface area (Å²) >= 11 is 2.99. The second-order valence-electron chi connectivity index (χ2n) is 5.17. The van der Waals surface area contributed by atoms with Gasteiger partial charge >= 0.3 is 6.03 Å². The van der Waals surface area contributed by atoms with Crippen molar-refractivity contribution < 1.29 is 9.59 Å². The molecule has 0 saturated carbocycles. The first-order valence-electron chi connectivity index (χ1n) is 7.03. The van der Waals surface area contributed by atoms with Gasteiger partial charge in [-0.05, 0) is 32.4 Å². The number of urea groups is 1. The van der Waals surface area contributed by atoms with E-state index in [0.717, 1.165) is 15.8 Å². The van der Waals surface area contributed by atoms with Gasteiger partial charge in [0.1, 0.15) is 4.38 Å². The normalized spacial score (nSPS) is 14.8. The number of thioether (sulfide) groups is 2. The summed E-state index contributed by atoms with van der Waals surface area (Å²) in [5, 5.41) is 4.60. The third-order valence-corrected chi connectivity index (χ3v) is 5.15. The van der Waals surface area contributed by atoms with E-state index < -0.39 is 6.03 Å². The Bertz CT molecular complexity index is 602. The van der Waals surface area contributed by atoms with Gasteiger partial charge in [-0.1, -0.05) is 41.7 Å². The molecule has 0 spiro atoms. The molecule has 118 valence electrons. The zero-order chi connectivity index (χ0) is 16.1. The minimum absolute atomic E-state index is 0.00876. The number of hydrogen-bond donors (Lipinski definition) is 2. The number of benzene rings is 1. The molecule has 1 aliphatic rings. The zero-order valence-corrected chi connectivity index (χ0v) is 14.4. The van der Waals surface area contributed by atoms with Crippen molar-refractivity contribution in [3.05, 3.63) is 29.8 Å². The topological polar surface area (TPSA) is 70.6 Å². The Balaban J connectivity index is 1.92. The number of nitrogens with one attached hydrogen (secondary N) is 2. The summed E-state index contributed by atoms with van der Waals surface area (Å²) in [6, 6.07) is 7.50. The van der Waals surface area contributed by atoms with Crippen LogP contribution in [-0.4, -0.2) is 27.6 Å². The van der Waals surface area contributed by atoms with Gasteiger partial charge in [0.15, 0.2) is 0 Å². The second kappa shape index (κ2) is 7.69. The molecule has 0 radical (unpaired) electrons. The fraction of sp³-hybridized carbons (Fsp3) is 0.400. The third kappa shape index (κ3) is 4.78. The minimum Gasteiger partial charge on any atom is -0.336 e. The second-order valence-corrected chi connectivity index (χ2v) is 7.72. The lowest BCUT2D eigenvalue weighted by Crippen LogP contribution is -2.45. The third-order valence-electron chi connectivity index (χ3n) is 2.86. The summed E-state index contributed by atoms with van der Waals surface area (Å²) in [4.78, 5) is 28.1. The maximum absolute atomic E-state index is 12.0. The van der Waals surface area contributed by atoms with Crippen molar-refractivity contribution in [2.24, 2.45) is 4.99 Å². The van der Waals surface area contributed by atoms with E-state index in [9.17, 15) is 9.59 Å². The Labute approximate surface area is 138 Å². The molecule has 1 aromatic rings. The van der Waals surface area contributed by atoms with E-state index in [-0.39, 0.29) is 17.2 Å². The number of amides is 3. The van der Waals surface area contributed by atoms with Crippen LogP contribution in [0.3, 0.4) is 0 Å². The molecule has 2 rings (SSSR count). The Morgan fingerprint density at radius 3 is 2.73 bits per heavy atom. The average molecular weight is 337 g/mol. The highest BCUT2D eigenvalue weighted by atomic mass is 32.2. The first-order valence-corrected chi connectivity index (χ1v) is 8.89. The van der Waals surface area contributed by atoms with Gasteiger partial charge in [-0.3, -0.25) is 10.1 Å². The van der Waals surface area contributed by atoms with Crippen LogP contribution < -0.4 is 10.6 Å². The maximum atomic E-state index is 12.0. The number of fused-ring (bicyclic) bond motifs is 1. The smallest absolute Gasteiger partial charge is 0.321 e. The van der Waals surface area contributed by atoms with Crippen LogP contribution in [-0.2, 0) is 10.5 Å². The van der Waals surface area contributed by atoms with E-state index in [0.29, 0.717) is 0 Å². The Morgan fingerprint density at radius 2 is 2.00 bits per heavy atom. The van der Waals surface area contributed by atoms with Gasteiger partial charge in [0.2, 0.25) is 5.91 Å². The quantitative estimate of drug-likeness (QED) is 0.888. The number of aliphatic imine (C=N–C) groups is 1. The fourth-order valence-electron chi connectivity index (χ4n) is 1.79. The highest BCUT2D eigenvalue weighted by Crippen LogP contribution is 2.35. The average Bonchev–Trinajstić information content (AvgIpc) is 2.46. The Hall–Kier alpha value is -1.47. The number of carbonyl (C=O) groups excluding carboxylic acids is 2. The summed E-state index contributed by atoms with van der Waals surface area (Å²) in [6.07, 6.45) is 0. The molecule has 0 aromatic heterocycles. The van der Waals surface area contributed by atoms with Crippen molar-refractivity contribution in [3.8, 4) is 0 Å². The number of carbonyl (C=O) groups is 2. The molecular weight excluding hydrogens is 318 g/mol. The van der Waals surface area contributed by atoms with Crippen LogP contribution >= 0.6 is 23.5 Å². The Kier molecular flexibility index (Phi) is 5.90. The molecule has 7 heteroatoms. The number of rotatable bonds is 3. The van der Waals surface area contributed by atoms with E-state index in [1.54, 1.807) is 18.7 Å². The van der Waals surface area contributed by atoms with Crippen LogP contribution in [0.5, 0.6) is 0 Å². The first-order chi connectivity index (χ1) is 10.5. The molecule has 22 heavy (non-hydrogen) atoms. The van der Waals surface area contributed by atoms with Crippen molar-refractivity contribution in [1.29, 1.82) is 0 Å². The van der Waals surface area contributed by atoms with E-state index in [1.165, 1.54) is 17.3 Å². The van der Waals surface area contributed by atoms with Crippen LogP contribution in [0.4, 0.5) is 10.5 Å². The molecule has 1 aliphatic heterocycles. The van der Waals surface area contributed by atoms with Crippen LogP contribution in [0.2, 0.25) is 0 Å². The molecule has 1 aromatic carbocycles. The SMILES string of the molecule is CC(C)NC(=O)NC(=O)[C@H](C)SC1=Nc2ccccc2CS1. The highest BCUT2D eigenvalue weighted by Gasteiger charge is 2.21. The molecule has 5 nitrogen and oxygen atoms in total. The van der Waals surface area contributed by atoms with Crippen LogP contribution in [0.15, 0.2) is 29.3 Å². The fourth-order valence-corrected chi connectivity index (χ4v) is 3.98. The first kappa shape index (κ1) is 16.9. The minimum atomic E-state index is -0.462. The number of para-hydroxylation sites is 1. The van der Waals surface area contributed by atoms with Gasteiger partial charge in [-0.15, -0.1) is 0 Å². The summed E-state index contributed by atoms with van der Waals surface area (Å²) in [6.45, 7) is 5.45. The molecule has 1 atom stereocenters. The van der Waals surface area contributed by atoms with Crippen LogP contribution in [0, 0.1) is 0 Å². The van der Waals surface area contributed by atoms with E-state index in [1.807, 2.05) is 32.0 Å². The van der Waals surface area contributed by atoms with Crippen LogP contribution in [0.25, 0.3) is 0 Å². The molecular formula is C15H19N3O2S2. The van der Waals surface area contributed by atoms with Crippen molar-refractivity contribution in [2.45, 2.75) is 37.8 Å². The van der Waals surface area contributed by atoms with Crippen molar-refractivity contribution in [2.75, 3.05) is 0 Å². The Morgan fingerprint density at radius 1 is 1.27 bits per heavy atom. The number of nitrogens with zero attached hydrogens (tertiary/aromatic N) is 1. The molecule has 0 aliphatic carbocycles. The molecule has 1 heterocycles. The summed E-state index contributed by atoms with van der Waals surface area (Å²) in [5.41, 5.74) is 2.15. The van der Waals surface area contributed by atoms with Crippen molar-refractivity contribution >= 4 is 45.5 Å². The standard InChI is InChI=1S/C15H19N3O2S2/c1-9(2)16-14(20)18-13(19)10(3)22-15-17-12-7-5-4-6-11(12)8-21-15/h4-7,9-10H,8H2,1-3H3,(H2,16,18,19,20)/t10-/m0/s1. The van der Waals surface area contributed by atoms with Gasteiger partial charge < -0.3 is 5.32 Å². The molecule has 0 unspecified atom stereocenters. The maximum Gasteiger partial charge on any atom is 0.321 e.